The second kappa shape index (κ2) is 7.12. The molecule has 5 fully saturated rings. The van der Waals surface area contributed by atoms with Gasteiger partial charge in [0.2, 0.25) is 0 Å². The third-order valence-electron chi connectivity index (χ3n) is 13.5. The molecule has 0 aromatic heterocycles. The first kappa shape index (κ1) is 24.4. The number of aliphatic hydroxyl groups is 1. The zero-order valence-electron chi connectivity index (χ0n) is 23.4. The van der Waals surface area contributed by atoms with Crippen LogP contribution in [0, 0.1) is 50.7 Å². The van der Waals surface area contributed by atoms with Gasteiger partial charge in [-0.3, -0.25) is 9.79 Å². The Morgan fingerprint density at radius 1 is 1.06 bits per heavy atom. The summed E-state index contributed by atoms with van der Waals surface area (Å²) in [5.41, 5.74) is 0.0602. The molecule has 0 aromatic rings. The van der Waals surface area contributed by atoms with Crippen LogP contribution in [0.3, 0.4) is 0 Å². The number of aliphatic hydroxyl groups excluding tert-OH is 1. The van der Waals surface area contributed by atoms with Gasteiger partial charge in [0.05, 0.1) is 18.0 Å². The van der Waals surface area contributed by atoms with Crippen LogP contribution in [0.5, 0.6) is 0 Å². The molecule has 6 rings (SSSR count). The normalized spacial score (nSPS) is 55.2. The maximum absolute atomic E-state index is 14.4. The Kier molecular flexibility index (Phi) is 4.97. The predicted molar refractivity (Wildman–Crippen MR) is 140 cm³/mol. The van der Waals surface area contributed by atoms with E-state index in [0.29, 0.717) is 36.0 Å². The van der Waals surface area contributed by atoms with Crippen molar-refractivity contribution in [3.8, 4) is 0 Å². The van der Waals surface area contributed by atoms with Gasteiger partial charge in [0.15, 0.2) is 0 Å². The van der Waals surface area contributed by atoms with Gasteiger partial charge in [-0.05, 0) is 87.6 Å². The summed E-state index contributed by atoms with van der Waals surface area (Å²) in [5.74, 6) is 3.32. The van der Waals surface area contributed by atoms with Gasteiger partial charge in [-0.25, -0.2) is 0 Å². The van der Waals surface area contributed by atoms with E-state index >= 15 is 0 Å². The number of Topliss-reactive ketones (excluding diaryl/α,β-unsaturated/α-hetero) is 1. The third-order valence-corrected chi connectivity index (χ3v) is 13.5. The molecular weight excluding hydrogens is 434 g/mol. The van der Waals surface area contributed by atoms with Crippen molar-refractivity contribution in [3.63, 3.8) is 0 Å². The predicted octanol–water partition coefficient (Wildman–Crippen LogP) is 4.53. The lowest BCUT2D eigenvalue weighted by atomic mass is 9.41. The van der Waals surface area contributed by atoms with Crippen molar-refractivity contribution in [1.82, 2.24) is 10.2 Å². The van der Waals surface area contributed by atoms with Crippen LogP contribution in [0.1, 0.15) is 86.5 Å². The first-order chi connectivity index (χ1) is 16.3. The molecular formula is C30H49N3O2. The van der Waals surface area contributed by atoms with E-state index in [-0.39, 0.29) is 45.1 Å². The molecule has 11 atom stereocenters. The van der Waals surface area contributed by atoms with Crippen LogP contribution in [0.25, 0.3) is 0 Å². The summed E-state index contributed by atoms with van der Waals surface area (Å²) < 4.78 is 0. The van der Waals surface area contributed by atoms with Crippen molar-refractivity contribution in [2.45, 2.75) is 105 Å². The summed E-state index contributed by atoms with van der Waals surface area (Å²) in [4.78, 5) is 21.9. The topological polar surface area (TPSA) is 64.9 Å². The number of hydrogen-bond acceptors (Lipinski definition) is 5. The van der Waals surface area contributed by atoms with E-state index in [1.807, 2.05) is 0 Å². The number of hydrogen-bond donors (Lipinski definition) is 2. The molecule has 2 spiro atoms. The molecule has 0 radical (unpaired) electrons. The van der Waals surface area contributed by atoms with Gasteiger partial charge in [0.25, 0.3) is 0 Å². The smallest absolute Gasteiger partial charge is 0.140 e. The second-order valence-corrected chi connectivity index (χ2v) is 15.0. The van der Waals surface area contributed by atoms with Gasteiger partial charge in [-0.1, -0.05) is 34.6 Å². The lowest BCUT2D eigenvalue weighted by Gasteiger charge is -2.63. The van der Waals surface area contributed by atoms with E-state index < -0.39 is 0 Å². The number of fused-ring (bicyclic) bond motifs is 4. The maximum Gasteiger partial charge on any atom is 0.140 e. The van der Waals surface area contributed by atoms with Crippen LogP contribution in [-0.4, -0.2) is 60.5 Å². The van der Waals surface area contributed by atoms with Crippen LogP contribution in [0.4, 0.5) is 0 Å². The highest BCUT2D eigenvalue weighted by Crippen LogP contribution is 2.88. The number of nitrogens with zero attached hydrogens (tertiary/aromatic N) is 2. The molecule has 1 unspecified atom stereocenters. The van der Waals surface area contributed by atoms with Crippen molar-refractivity contribution in [1.29, 1.82) is 0 Å². The number of amidine groups is 1. The zero-order valence-corrected chi connectivity index (χ0v) is 23.4. The van der Waals surface area contributed by atoms with Crippen LogP contribution >= 0.6 is 0 Å². The summed E-state index contributed by atoms with van der Waals surface area (Å²) >= 11 is 0. The van der Waals surface area contributed by atoms with E-state index in [1.54, 1.807) is 0 Å². The van der Waals surface area contributed by atoms with Crippen LogP contribution in [0.2, 0.25) is 0 Å². The van der Waals surface area contributed by atoms with E-state index in [1.165, 1.54) is 18.7 Å². The molecule has 1 aliphatic heterocycles. The second-order valence-electron chi connectivity index (χ2n) is 15.0. The molecule has 5 saturated carbocycles. The van der Waals surface area contributed by atoms with Crippen LogP contribution in [-0.2, 0) is 4.79 Å². The largest absolute Gasteiger partial charge is 0.393 e. The standard InChI is InChI=1S/C30H49N3O2/c1-17(2)25-31-16-26(4)20-9-10-21-27(5)13-19(34)24(18(3)33(7)8)28(27,6)14-23(35)30(21)15-29(20,30)12-11-22(26)32-25/h17-22,24,34H,9-16H2,1-8H3,(H,31,32)/t18-,19+,20-,21-,22-,24-,26-,27-,28+,29?,30-/m0/s1. The SMILES string of the molecule is CC(C)C1=N[C@H]2CCC34C[C@]35C(=O)C[C@]3(C)[C@@H]([C@H](C)N(C)C)[C@H](O)C[C@@]3(C)[C@@H]5CC[C@H]4[C@]2(C)CN1. The number of carbonyl (C=O) groups excluding carboxylic acids is 1. The summed E-state index contributed by atoms with van der Waals surface area (Å²) in [6.45, 7) is 15.0. The minimum atomic E-state index is -0.322. The monoisotopic (exact) mass is 483 g/mol. The number of ketones is 1. The quantitative estimate of drug-likeness (QED) is 0.619. The van der Waals surface area contributed by atoms with Crippen molar-refractivity contribution in [3.05, 3.63) is 0 Å². The minimum absolute atomic E-state index is 0.0231. The van der Waals surface area contributed by atoms with Crippen LogP contribution < -0.4 is 5.32 Å². The summed E-state index contributed by atoms with van der Waals surface area (Å²) in [7, 11) is 4.24. The van der Waals surface area contributed by atoms with Crippen molar-refractivity contribution >= 4 is 11.6 Å². The fraction of sp³-hybridized carbons (Fsp3) is 0.933. The molecule has 6 aliphatic rings. The number of aliphatic imine (C=N–C) groups is 1. The fourth-order valence-electron chi connectivity index (χ4n) is 11.5. The Labute approximate surface area is 212 Å². The van der Waals surface area contributed by atoms with Gasteiger partial charge >= 0.3 is 0 Å². The molecule has 5 heteroatoms. The van der Waals surface area contributed by atoms with Gasteiger partial charge in [-0.2, -0.15) is 0 Å². The summed E-state index contributed by atoms with van der Waals surface area (Å²) in [6.07, 6.45) is 6.95. The molecule has 1 heterocycles. The van der Waals surface area contributed by atoms with E-state index in [2.05, 4.69) is 65.9 Å². The van der Waals surface area contributed by atoms with Gasteiger partial charge in [-0.15, -0.1) is 0 Å². The van der Waals surface area contributed by atoms with Crippen molar-refractivity contribution < 1.29 is 9.90 Å². The van der Waals surface area contributed by atoms with Gasteiger partial charge in [0.1, 0.15) is 5.78 Å². The lowest BCUT2D eigenvalue weighted by molar-refractivity contribution is -0.169. The average molecular weight is 484 g/mol. The van der Waals surface area contributed by atoms with Crippen molar-refractivity contribution in [2.24, 2.45) is 55.7 Å². The molecule has 35 heavy (non-hydrogen) atoms. The Balaban J connectivity index is 1.38. The summed E-state index contributed by atoms with van der Waals surface area (Å²) in [5, 5.41) is 15.2. The first-order valence-corrected chi connectivity index (χ1v) is 14.5. The molecule has 0 aromatic carbocycles. The number of nitrogens with one attached hydrogen (secondary N) is 1. The molecule has 5 aliphatic carbocycles. The highest BCUT2D eigenvalue weighted by Gasteiger charge is 2.86. The Hall–Kier alpha value is -0.940. The van der Waals surface area contributed by atoms with Crippen LogP contribution in [0.15, 0.2) is 4.99 Å². The van der Waals surface area contributed by atoms with E-state index in [9.17, 15) is 9.90 Å². The Morgan fingerprint density at radius 3 is 2.40 bits per heavy atom. The van der Waals surface area contributed by atoms with E-state index in [0.717, 1.165) is 32.2 Å². The first-order valence-electron chi connectivity index (χ1n) is 14.5. The Morgan fingerprint density at radius 2 is 1.74 bits per heavy atom. The lowest BCUT2D eigenvalue weighted by Crippen LogP contribution is -2.63. The molecule has 0 amide bonds. The van der Waals surface area contributed by atoms with Gasteiger partial charge < -0.3 is 15.3 Å². The van der Waals surface area contributed by atoms with Gasteiger partial charge in [0, 0.05) is 41.7 Å². The number of rotatable bonds is 3. The highest BCUT2D eigenvalue weighted by molar-refractivity contribution is 5.92. The molecule has 0 saturated heterocycles. The molecule has 2 N–H and O–H groups in total. The molecule has 5 nitrogen and oxygen atoms in total. The fourth-order valence-corrected chi connectivity index (χ4v) is 11.5. The zero-order chi connectivity index (χ0) is 25.3. The summed E-state index contributed by atoms with van der Waals surface area (Å²) in [6, 6.07) is 0.656. The number of carbonyl (C=O) groups is 1. The third kappa shape index (κ3) is 2.63. The van der Waals surface area contributed by atoms with E-state index in [4.69, 9.17) is 4.99 Å². The maximum atomic E-state index is 14.4. The highest BCUT2D eigenvalue weighted by atomic mass is 16.3. The molecule has 196 valence electrons. The minimum Gasteiger partial charge on any atom is -0.393 e. The Bertz CT molecular complexity index is 977. The average Bonchev–Trinajstić information content (AvgIpc) is 3.41. The molecule has 0 bridgehead atoms. The van der Waals surface area contributed by atoms with Crippen molar-refractivity contribution in [2.75, 3.05) is 20.6 Å².